The van der Waals surface area contributed by atoms with Crippen molar-refractivity contribution in [2.45, 2.75) is 45.3 Å². The number of amides is 1. The Kier molecular flexibility index (Phi) is 13.5. The molecular formula is C21H38IN5O2S. The summed E-state index contributed by atoms with van der Waals surface area (Å²) < 4.78 is 5.66. The fourth-order valence-corrected chi connectivity index (χ4v) is 3.82. The highest BCUT2D eigenvalue weighted by Gasteiger charge is 2.20. The monoisotopic (exact) mass is 551 g/mol. The number of aliphatic imine (C=N–C) groups is 1. The standard InChI is InChI=1S/C21H37N5O2S.HI/c1-17(2)28-14-13-26-11-8-18(9-12-26)24-21(23-16-20(27)25(3)4)22-10-7-19-6-5-15-29-19;/h5-6,15,17-18H,7-14,16H2,1-4H3,(H2,22,23,24);1H. The molecule has 9 heteroatoms. The Bertz CT molecular complexity index is 617. The van der Waals surface area contributed by atoms with Crippen LogP contribution in [0.2, 0.25) is 0 Å². The number of hydrogen-bond donors (Lipinski definition) is 2. The van der Waals surface area contributed by atoms with Crippen LogP contribution in [0.15, 0.2) is 22.5 Å². The van der Waals surface area contributed by atoms with Crippen LogP contribution in [-0.2, 0) is 16.0 Å². The van der Waals surface area contributed by atoms with Crippen molar-refractivity contribution in [1.29, 1.82) is 0 Å². The van der Waals surface area contributed by atoms with E-state index in [4.69, 9.17) is 4.74 Å². The third kappa shape index (κ3) is 10.9. The summed E-state index contributed by atoms with van der Waals surface area (Å²) in [4.78, 5) is 21.8. The number of hydrogen-bond acceptors (Lipinski definition) is 5. The summed E-state index contributed by atoms with van der Waals surface area (Å²) >= 11 is 1.76. The molecule has 0 spiro atoms. The number of piperidine rings is 1. The number of carbonyl (C=O) groups excluding carboxylic acids is 1. The minimum Gasteiger partial charge on any atom is -0.377 e. The summed E-state index contributed by atoms with van der Waals surface area (Å²) in [6.45, 7) is 8.99. The van der Waals surface area contributed by atoms with Gasteiger partial charge in [0.1, 0.15) is 6.54 Å². The molecule has 0 aromatic carbocycles. The Morgan fingerprint density at radius 1 is 1.37 bits per heavy atom. The lowest BCUT2D eigenvalue weighted by atomic mass is 10.1. The summed E-state index contributed by atoms with van der Waals surface area (Å²) in [7, 11) is 3.52. The van der Waals surface area contributed by atoms with E-state index in [1.165, 1.54) is 4.88 Å². The van der Waals surface area contributed by atoms with E-state index in [9.17, 15) is 4.79 Å². The summed E-state index contributed by atoms with van der Waals surface area (Å²) in [6.07, 6.45) is 3.37. The molecule has 0 saturated carbocycles. The molecule has 30 heavy (non-hydrogen) atoms. The predicted molar refractivity (Wildman–Crippen MR) is 136 cm³/mol. The summed E-state index contributed by atoms with van der Waals surface area (Å²) in [6, 6.07) is 4.59. The van der Waals surface area contributed by atoms with Gasteiger partial charge in [-0.15, -0.1) is 35.3 Å². The summed E-state index contributed by atoms with van der Waals surface area (Å²) in [5.74, 6) is 0.739. The molecule has 1 aliphatic heterocycles. The Labute approximate surface area is 202 Å². The molecule has 2 rings (SSSR count). The van der Waals surface area contributed by atoms with E-state index in [0.29, 0.717) is 6.04 Å². The SMILES string of the molecule is CC(C)OCCN1CCC(NC(=NCC(=O)N(C)C)NCCc2cccs2)CC1.I. The Hall–Kier alpha value is -0.910. The molecule has 172 valence electrons. The maximum Gasteiger partial charge on any atom is 0.243 e. The van der Waals surface area contributed by atoms with Crippen LogP contribution in [0.1, 0.15) is 31.6 Å². The van der Waals surface area contributed by atoms with Crippen molar-refractivity contribution < 1.29 is 9.53 Å². The second kappa shape index (κ2) is 15.0. The second-order valence-corrected chi connectivity index (χ2v) is 8.92. The number of carbonyl (C=O) groups is 1. The van der Waals surface area contributed by atoms with Gasteiger partial charge in [-0.3, -0.25) is 4.79 Å². The Morgan fingerprint density at radius 3 is 2.70 bits per heavy atom. The third-order valence-corrected chi connectivity index (χ3v) is 5.84. The molecule has 0 radical (unpaired) electrons. The molecular weight excluding hydrogens is 513 g/mol. The fourth-order valence-electron chi connectivity index (χ4n) is 3.11. The van der Waals surface area contributed by atoms with Crippen molar-refractivity contribution in [3.63, 3.8) is 0 Å². The first kappa shape index (κ1) is 27.1. The number of likely N-dealkylation sites (N-methyl/N-ethyl adjacent to an activating group) is 1. The molecule has 1 aromatic heterocycles. The van der Waals surface area contributed by atoms with Crippen LogP contribution < -0.4 is 10.6 Å². The number of ether oxygens (including phenoxy) is 1. The molecule has 2 N–H and O–H groups in total. The van der Waals surface area contributed by atoms with Crippen molar-refractivity contribution in [1.82, 2.24) is 20.4 Å². The molecule has 0 aliphatic carbocycles. The van der Waals surface area contributed by atoms with E-state index >= 15 is 0 Å². The zero-order chi connectivity index (χ0) is 21.1. The predicted octanol–water partition coefficient (Wildman–Crippen LogP) is 2.42. The van der Waals surface area contributed by atoms with Gasteiger partial charge in [-0.1, -0.05) is 6.07 Å². The quantitative estimate of drug-likeness (QED) is 0.266. The van der Waals surface area contributed by atoms with Crippen molar-refractivity contribution in [3.05, 3.63) is 22.4 Å². The van der Waals surface area contributed by atoms with Crippen molar-refractivity contribution >= 4 is 47.2 Å². The molecule has 1 fully saturated rings. The smallest absolute Gasteiger partial charge is 0.243 e. The topological polar surface area (TPSA) is 69.2 Å². The highest BCUT2D eigenvalue weighted by molar-refractivity contribution is 14.0. The average Bonchev–Trinajstić information content (AvgIpc) is 3.20. The first-order valence-electron chi connectivity index (χ1n) is 10.6. The van der Waals surface area contributed by atoms with E-state index in [-0.39, 0.29) is 42.5 Å². The minimum absolute atomic E-state index is 0. The van der Waals surface area contributed by atoms with Gasteiger partial charge >= 0.3 is 0 Å². The van der Waals surface area contributed by atoms with Gasteiger partial charge in [-0.2, -0.15) is 0 Å². The van der Waals surface area contributed by atoms with Crippen LogP contribution in [0, 0.1) is 0 Å². The molecule has 1 aliphatic rings. The minimum atomic E-state index is 0. The lowest BCUT2D eigenvalue weighted by molar-refractivity contribution is -0.127. The molecule has 1 aromatic rings. The van der Waals surface area contributed by atoms with E-state index in [1.54, 1.807) is 30.3 Å². The summed E-state index contributed by atoms with van der Waals surface area (Å²) in [5, 5.41) is 9.03. The highest BCUT2D eigenvalue weighted by atomic mass is 127. The van der Waals surface area contributed by atoms with Crippen LogP contribution in [-0.4, -0.2) is 87.2 Å². The summed E-state index contributed by atoms with van der Waals surface area (Å²) in [5.41, 5.74) is 0. The first-order valence-corrected chi connectivity index (χ1v) is 11.4. The molecule has 0 unspecified atom stereocenters. The van der Waals surface area contributed by atoms with E-state index < -0.39 is 0 Å². The van der Waals surface area contributed by atoms with Crippen molar-refractivity contribution in [2.24, 2.45) is 4.99 Å². The number of nitrogens with one attached hydrogen (secondary N) is 2. The molecule has 2 heterocycles. The number of halogens is 1. The van der Waals surface area contributed by atoms with Gasteiger partial charge in [0.15, 0.2) is 5.96 Å². The number of thiophene rings is 1. The maximum absolute atomic E-state index is 11.9. The van der Waals surface area contributed by atoms with Crippen LogP contribution in [0.4, 0.5) is 0 Å². The fraction of sp³-hybridized carbons (Fsp3) is 0.714. The highest BCUT2D eigenvalue weighted by Crippen LogP contribution is 2.11. The molecule has 1 amide bonds. The molecule has 7 nitrogen and oxygen atoms in total. The van der Waals surface area contributed by atoms with Crippen LogP contribution in [0.3, 0.4) is 0 Å². The largest absolute Gasteiger partial charge is 0.377 e. The van der Waals surface area contributed by atoms with Crippen LogP contribution in [0.25, 0.3) is 0 Å². The van der Waals surface area contributed by atoms with Gasteiger partial charge in [-0.25, -0.2) is 4.99 Å². The van der Waals surface area contributed by atoms with Gasteiger partial charge in [0.2, 0.25) is 5.91 Å². The van der Waals surface area contributed by atoms with Crippen LogP contribution in [0.5, 0.6) is 0 Å². The van der Waals surface area contributed by atoms with Crippen molar-refractivity contribution in [2.75, 3.05) is 53.4 Å². The van der Waals surface area contributed by atoms with Gasteiger partial charge in [-0.05, 0) is 44.6 Å². The van der Waals surface area contributed by atoms with E-state index in [0.717, 1.165) is 58.0 Å². The molecule has 0 bridgehead atoms. The lowest BCUT2D eigenvalue weighted by Gasteiger charge is -2.33. The Morgan fingerprint density at radius 2 is 2.10 bits per heavy atom. The number of likely N-dealkylation sites (tertiary alicyclic amines) is 1. The zero-order valence-electron chi connectivity index (χ0n) is 18.7. The van der Waals surface area contributed by atoms with Gasteiger partial charge in [0, 0.05) is 51.2 Å². The van der Waals surface area contributed by atoms with Crippen molar-refractivity contribution in [3.8, 4) is 0 Å². The molecule has 1 saturated heterocycles. The van der Waals surface area contributed by atoms with Gasteiger partial charge in [0.25, 0.3) is 0 Å². The number of rotatable bonds is 10. The van der Waals surface area contributed by atoms with Crippen LogP contribution >= 0.6 is 35.3 Å². The number of nitrogens with zero attached hydrogens (tertiary/aromatic N) is 3. The van der Waals surface area contributed by atoms with E-state index in [1.807, 2.05) is 0 Å². The third-order valence-electron chi connectivity index (χ3n) is 4.90. The molecule has 0 atom stereocenters. The Balaban J connectivity index is 0.00000450. The maximum atomic E-state index is 11.9. The average molecular weight is 552 g/mol. The second-order valence-electron chi connectivity index (χ2n) is 7.89. The van der Waals surface area contributed by atoms with E-state index in [2.05, 4.69) is 51.9 Å². The lowest BCUT2D eigenvalue weighted by Crippen LogP contribution is -2.49. The zero-order valence-corrected chi connectivity index (χ0v) is 21.9. The normalized spacial score (nSPS) is 15.7. The van der Waals surface area contributed by atoms with Gasteiger partial charge < -0.3 is 25.2 Å². The first-order chi connectivity index (χ1) is 13.9. The number of guanidine groups is 1. The van der Waals surface area contributed by atoms with Gasteiger partial charge in [0.05, 0.1) is 12.7 Å².